The Morgan fingerprint density at radius 2 is 1.94 bits per heavy atom. The fourth-order valence-corrected chi connectivity index (χ4v) is 2.58. The maximum absolute atomic E-state index is 11.0. The van der Waals surface area contributed by atoms with Crippen molar-refractivity contribution in [1.82, 2.24) is 4.90 Å². The van der Waals surface area contributed by atoms with Gasteiger partial charge in [-0.05, 0) is 43.4 Å². The predicted octanol–water partition coefficient (Wildman–Crippen LogP) is 2.36. The summed E-state index contributed by atoms with van der Waals surface area (Å²) in [5.74, 6) is 0. The zero-order chi connectivity index (χ0) is 13.0. The standard InChI is InChI=1S/C13H19N3OS/c1-18-12-4-2-10(3-5-12)15-11-6-8-16(9-7-11)13(14)17/h2-5,11,15H,6-9H2,1H3,(H2,14,17). The molecule has 1 aliphatic heterocycles. The van der Waals surface area contributed by atoms with Gasteiger partial charge in [0.15, 0.2) is 0 Å². The number of rotatable bonds is 3. The van der Waals surface area contributed by atoms with Gasteiger partial charge in [-0.25, -0.2) is 4.79 Å². The molecular weight excluding hydrogens is 246 g/mol. The summed E-state index contributed by atoms with van der Waals surface area (Å²) < 4.78 is 0. The van der Waals surface area contributed by atoms with Crippen molar-refractivity contribution in [2.24, 2.45) is 5.73 Å². The van der Waals surface area contributed by atoms with Gasteiger partial charge in [0.2, 0.25) is 0 Å². The summed E-state index contributed by atoms with van der Waals surface area (Å²) >= 11 is 1.74. The van der Waals surface area contributed by atoms with Gasteiger partial charge in [-0.3, -0.25) is 0 Å². The van der Waals surface area contributed by atoms with Gasteiger partial charge in [0, 0.05) is 29.7 Å². The Kier molecular flexibility index (Phi) is 4.36. The molecular formula is C13H19N3OS. The molecule has 98 valence electrons. The highest BCUT2D eigenvalue weighted by Crippen LogP contribution is 2.20. The van der Waals surface area contributed by atoms with E-state index in [-0.39, 0.29) is 6.03 Å². The number of hydrogen-bond acceptors (Lipinski definition) is 3. The minimum Gasteiger partial charge on any atom is -0.382 e. The van der Waals surface area contributed by atoms with E-state index in [1.165, 1.54) is 4.90 Å². The van der Waals surface area contributed by atoms with Crippen molar-refractivity contribution < 1.29 is 4.79 Å². The van der Waals surface area contributed by atoms with Gasteiger partial charge in [-0.2, -0.15) is 0 Å². The molecule has 0 atom stereocenters. The summed E-state index contributed by atoms with van der Waals surface area (Å²) in [5.41, 5.74) is 6.41. The van der Waals surface area contributed by atoms with Gasteiger partial charge >= 0.3 is 6.03 Å². The second kappa shape index (κ2) is 6.00. The van der Waals surface area contributed by atoms with Gasteiger partial charge in [0.1, 0.15) is 0 Å². The quantitative estimate of drug-likeness (QED) is 0.825. The third-order valence-electron chi connectivity index (χ3n) is 3.27. The van der Waals surface area contributed by atoms with Crippen LogP contribution in [0, 0.1) is 0 Å². The Labute approximate surface area is 112 Å². The second-order valence-corrected chi connectivity index (χ2v) is 5.35. The Morgan fingerprint density at radius 1 is 1.33 bits per heavy atom. The van der Waals surface area contributed by atoms with Crippen molar-refractivity contribution in [3.63, 3.8) is 0 Å². The van der Waals surface area contributed by atoms with Crippen LogP contribution in [0.5, 0.6) is 0 Å². The number of primary amides is 1. The number of carbonyl (C=O) groups excluding carboxylic acids is 1. The van der Waals surface area contributed by atoms with Crippen LogP contribution < -0.4 is 11.1 Å². The largest absolute Gasteiger partial charge is 0.382 e. The normalized spacial score (nSPS) is 16.6. The van der Waals surface area contributed by atoms with Gasteiger partial charge in [-0.1, -0.05) is 0 Å². The molecule has 1 heterocycles. The van der Waals surface area contributed by atoms with E-state index in [0.29, 0.717) is 6.04 Å². The number of likely N-dealkylation sites (tertiary alicyclic amines) is 1. The molecule has 0 aliphatic carbocycles. The average Bonchev–Trinajstić information content (AvgIpc) is 2.40. The number of nitrogens with zero attached hydrogens (tertiary/aromatic N) is 1. The lowest BCUT2D eigenvalue weighted by Crippen LogP contribution is -2.44. The lowest BCUT2D eigenvalue weighted by molar-refractivity contribution is 0.193. The summed E-state index contributed by atoms with van der Waals surface area (Å²) in [7, 11) is 0. The summed E-state index contributed by atoms with van der Waals surface area (Å²) in [6.45, 7) is 1.49. The highest BCUT2D eigenvalue weighted by molar-refractivity contribution is 7.98. The van der Waals surface area contributed by atoms with Crippen LogP contribution in [0.25, 0.3) is 0 Å². The third-order valence-corrected chi connectivity index (χ3v) is 4.01. The molecule has 0 unspecified atom stereocenters. The molecule has 1 saturated heterocycles. The van der Waals surface area contributed by atoms with Crippen molar-refractivity contribution in [3.8, 4) is 0 Å². The number of benzene rings is 1. The van der Waals surface area contributed by atoms with E-state index in [2.05, 4.69) is 35.8 Å². The van der Waals surface area contributed by atoms with E-state index in [9.17, 15) is 4.79 Å². The number of carbonyl (C=O) groups is 1. The topological polar surface area (TPSA) is 58.4 Å². The van der Waals surface area contributed by atoms with Crippen molar-refractivity contribution in [2.75, 3.05) is 24.7 Å². The van der Waals surface area contributed by atoms with Gasteiger partial charge in [-0.15, -0.1) is 11.8 Å². The molecule has 1 aliphatic rings. The highest BCUT2D eigenvalue weighted by atomic mass is 32.2. The van der Waals surface area contributed by atoms with Crippen LogP contribution in [-0.2, 0) is 0 Å². The predicted molar refractivity (Wildman–Crippen MR) is 76.0 cm³/mol. The van der Waals surface area contributed by atoms with Gasteiger partial charge in [0.25, 0.3) is 0 Å². The van der Waals surface area contributed by atoms with Crippen LogP contribution in [0.15, 0.2) is 29.2 Å². The summed E-state index contributed by atoms with van der Waals surface area (Å²) in [4.78, 5) is 14.0. The highest BCUT2D eigenvalue weighted by Gasteiger charge is 2.20. The van der Waals surface area contributed by atoms with E-state index in [4.69, 9.17) is 5.73 Å². The van der Waals surface area contributed by atoms with Crippen molar-refractivity contribution in [3.05, 3.63) is 24.3 Å². The van der Waals surface area contributed by atoms with Crippen molar-refractivity contribution in [1.29, 1.82) is 0 Å². The summed E-state index contributed by atoms with van der Waals surface area (Å²) in [6.07, 6.45) is 3.97. The number of hydrogen-bond donors (Lipinski definition) is 2. The molecule has 0 spiro atoms. The summed E-state index contributed by atoms with van der Waals surface area (Å²) in [5, 5.41) is 3.50. The summed E-state index contributed by atoms with van der Waals surface area (Å²) in [6, 6.07) is 8.56. The molecule has 1 aromatic carbocycles. The number of nitrogens with two attached hydrogens (primary N) is 1. The molecule has 0 bridgehead atoms. The molecule has 0 saturated carbocycles. The number of nitrogens with one attached hydrogen (secondary N) is 1. The van der Waals surface area contributed by atoms with E-state index >= 15 is 0 Å². The molecule has 5 heteroatoms. The van der Waals surface area contributed by atoms with Crippen LogP contribution in [0.3, 0.4) is 0 Å². The smallest absolute Gasteiger partial charge is 0.314 e. The number of anilines is 1. The maximum atomic E-state index is 11.0. The monoisotopic (exact) mass is 265 g/mol. The zero-order valence-corrected chi connectivity index (χ0v) is 11.4. The van der Waals surface area contributed by atoms with E-state index in [1.54, 1.807) is 16.7 Å². The van der Waals surface area contributed by atoms with Crippen molar-refractivity contribution >= 4 is 23.5 Å². The van der Waals surface area contributed by atoms with E-state index < -0.39 is 0 Å². The first-order chi connectivity index (χ1) is 8.69. The first-order valence-corrected chi connectivity index (χ1v) is 7.36. The molecule has 4 nitrogen and oxygen atoms in total. The van der Waals surface area contributed by atoms with Crippen molar-refractivity contribution in [2.45, 2.75) is 23.8 Å². The Balaban J connectivity index is 1.85. The fraction of sp³-hybridized carbons (Fsp3) is 0.462. The molecule has 2 rings (SSSR count). The molecule has 0 radical (unpaired) electrons. The Bertz CT molecular complexity index is 399. The van der Waals surface area contributed by atoms with Gasteiger partial charge < -0.3 is 16.0 Å². The van der Waals surface area contributed by atoms with Crippen LogP contribution in [0.2, 0.25) is 0 Å². The molecule has 3 N–H and O–H groups in total. The number of urea groups is 1. The maximum Gasteiger partial charge on any atom is 0.314 e. The molecule has 18 heavy (non-hydrogen) atoms. The molecule has 2 amide bonds. The zero-order valence-electron chi connectivity index (χ0n) is 10.6. The van der Waals surface area contributed by atoms with Crippen LogP contribution in [-0.4, -0.2) is 36.3 Å². The average molecular weight is 265 g/mol. The molecule has 1 aromatic rings. The second-order valence-electron chi connectivity index (χ2n) is 4.47. The Hall–Kier alpha value is -1.36. The first-order valence-electron chi connectivity index (χ1n) is 6.14. The fourth-order valence-electron chi connectivity index (χ4n) is 2.17. The van der Waals surface area contributed by atoms with Crippen LogP contribution in [0.4, 0.5) is 10.5 Å². The van der Waals surface area contributed by atoms with Crippen LogP contribution in [0.1, 0.15) is 12.8 Å². The lowest BCUT2D eigenvalue weighted by atomic mass is 10.1. The first kappa shape index (κ1) is 13.1. The third kappa shape index (κ3) is 3.32. The number of amides is 2. The lowest BCUT2D eigenvalue weighted by Gasteiger charge is -2.31. The minimum atomic E-state index is -0.308. The minimum absolute atomic E-state index is 0.308. The van der Waals surface area contributed by atoms with Gasteiger partial charge in [0.05, 0.1) is 0 Å². The van der Waals surface area contributed by atoms with Crippen LogP contribution >= 0.6 is 11.8 Å². The Morgan fingerprint density at radius 3 is 2.44 bits per heavy atom. The SMILES string of the molecule is CSc1ccc(NC2CCN(C(N)=O)CC2)cc1. The number of thioether (sulfide) groups is 1. The van der Waals surface area contributed by atoms with E-state index in [1.807, 2.05) is 0 Å². The molecule has 1 fully saturated rings. The number of piperidine rings is 1. The molecule has 0 aromatic heterocycles. The van der Waals surface area contributed by atoms with E-state index in [0.717, 1.165) is 31.6 Å².